The third kappa shape index (κ3) is 2.23. The van der Waals surface area contributed by atoms with E-state index in [0.29, 0.717) is 18.2 Å². The van der Waals surface area contributed by atoms with Gasteiger partial charge in [-0.2, -0.15) is 0 Å². The van der Waals surface area contributed by atoms with Gasteiger partial charge < -0.3 is 14.5 Å². The fourth-order valence-corrected chi connectivity index (χ4v) is 3.51. The Morgan fingerprint density at radius 1 is 1.11 bits per heavy atom. The number of hydrogen-bond acceptors (Lipinski definition) is 3. The van der Waals surface area contributed by atoms with Gasteiger partial charge in [0.1, 0.15) is 17.4 Å². The van der Waals surface area contributed by atoms with Crippen molar-refractivity contribution in [2.24, 2.45) is 0 Å². The van der Waals surface area contributed by atoms with Gasteiger partial charge in [-0.05, 0) is 43.9 Å². The molecule has 0 unspecified atom stereocenters. The highest BCUT2D eigenvalue weighted by Crippen LogP contribution is 2.30. The largest absolute Gasteiger partial charge is 0.490 e. The van der Waals surface area contributed by atoms with E-state index in [-0.39, 0.29) is 0 Å². The van der Waals surface area contributed by atoms with Crippen molar-refractivity contribution in [2.75, 3.05) is 0 Å². The SMILES string of the molecule is c1cc2ccc(O[C@@H]3C[C@H]4CCC[C@@H](C3)N4)cc2o1. The van der Waals surface area contributed by atoms with E-state index in [4.69, 9.17) is 9.15 Å². The van der Waals surface area contributed by atoms with E-state index in [9.17, 15) is 0 Å². The molecule has 0 amide bonds. The monoisotopic (exact) mass is 257 g/mol. The zero-order chi connectivity index (χ0) is 12.7. The standard InChI is InChI=1S/C16H19NO2/c1-2-12-8-15(9-13(3-1)17-12)19-14-5-4-11-6-7-18-16(11)10-14/h4-7,10,12-13,15,17H,1-3,8-9H2/t12-,13+,15-. The van der Waals surface area contributed by atoms with Crippen molar-refractivity contribution in [2.45, 2.75) is 50.3 Å². The Labute approximate surface area is 112 Å². The van der Waals surface area contributed by atoms with Gasteiger partial charge in [-0.15, -0.1) is 0 Å². The first-order chi connectivity index (χ1) is 9.37. The zero-order valence-electron chi connectivity index (χ0n) is 11.0. The maximum atomic E-state index is 6.17. The van der Waals surface area contributed by atoms with E-state index in [1.54, 1.807) is 6.26 Å². The first-order valence-corrected chi connectivity index (χ1v) is 7.27. The lowest BCUT2D eigenvalue weighted by atomic mass is 9.85. The van der Waals surface area contributed by atoms with Crippen LogP contribution in [0.5, 0.6) is 5.75 Å². The van der Waals surface area contributed by atoms with E-state index >= 15 is 0 Å². The molecule has 3 heterocycles. The summed E-state index contributed by atoms with van der Waals surface area (Å²) in [6.07, 6.45) is 8.31. The molecule has 1 aromatic carbocycles. The minimum atomic E-state index is 0.351. The van der Waals surface area contributed by atoms with Gasteiger partial charge in [0, 0.05) is 23.5 Å². The molecule has 2 fully saturated rings. The Morgan fingerprint density at radius 2 is 1.95 bits per heavy atom. The van der Waals surface area contributed by atoms with Gasteiger partial charge in [0.2, 0.25) is 0 Å². The van der Waals surface area contributed by atoms with Crippen LogP contribution in [0.1, 0.15) is 32.1 Å². The first-order valence-electron chi connectivity index (χ1n) is 7.27. The molecular weight excluding hydrogens is 238 g/mol. The summed E-state index contributed by atoms with van der Waals surface area (Å²) < 4.78 is 11.6. The zero-order valence-corrected chi connectivity index (χ0v) is 11.0. The Morgan fingerprint density at radius 3 is 2.79 bits per heavy atom. The average molecular weight is 257 g/mol. The second-order valence-electron chi connectivity index (χ2n) is 5.82. The Balaban J connectivity index is 1.51. The molecule has 0 saturated carbocycles. The molecule has 2 saturated heterocycles. The van der Waals surface area contributed by atoms with E-state index in [1.807, 2.05) is 12.1 Å². The van der Waals surface area contributed by atoms with Crippen LogP contribution < -0.4 is 10.1 Å². The summed E-state index contributed by atoms with van der Waals surface area (Å²) in [6, 6.07) is 9.42. The maximum absolute atomic E-state index is 6.17. The lowest BCUT2D eigenvalue weighted by Crippen LogP contribution is -2.51. The van der Waals surface area contributed by atoms with Crippen LogP contribution in [0.15, 0.2) is 34.9 Å². The fraction of sp³-hybridized carbons (Fsp3) is 0.500. The lowest BCUT2D eigenvalue weighted by molar-refractivity contribution is 0.0928. The third-order valence-electron chi connectivity index (χ3n) is 4.40. The van der Waals surface area contributed by atoms with Gasteiger partial charge >= 0.3 is 0 Å². The Bertz CT molecular complexity index is 565. The second kappa shape index (κ2) is 4.57. The maximum Gasteiger partial charge on any atom is 0.137 e. The molecular formula is C16H19NO2. The van der Waals surface area contributed by atoms with Crippen LogP contribution in [-0.4, -0.2) is 18.2 Å². The molecule has 2 aliphatic rings. The molecule has 0 aliphatic carbocycles. The molecule has 19 heavy (non-hydrogen) atoms. The Hall–Kier alpha value is -1.48. The fourth-order valence-electron chi connectivity index (χ4n) is 3.51. The van der Waals surface area contributed by atoms with E-state index in [0.717, 1.165) is 29.6 Å². The summed E-state index contributed by atoms with van der Waals surface area (Å²) in [5.41, 5.74) is 0.909. The topological polar surface area (TPSA) is 34.4 Å². The molecule has 1 N–H and O–H groups in total. The molecule has 1 aromatic heterocycles. The van der Waals surface area contributed by atoms with Crippen molar-refractivity contribution in [1.82, 2.24) is 5.32 Å². The van der Waals surface area contributed by atoms with Crippen LogP contribution in [0.3, 0.4) is 0 Å². The number of hydrogen-bond donors (Lipinski definition) is 1. The summed E-state index contributed by atoms with van der Waals surface area (Å²) in [5.74, 6) is 0.937. The molecule has 3 nitrogen and oxygen atoms in total. The number of furan rings is 1. The second-order valence-corrected chi connectivity index (χ2v) is 5.82. The van der Waals surface area contributed by atoms with Gasteiger partial charge in [-0.25, -0.2) is 0 Å². The summed E-state index contributed by atoms with van der Waals surface area (Å²) in [5, 5.41) is 4.83. The van der Waals surface area contributed by atoms with Gasteiger partial charge in [-0.1, -0.05) is 6.42 Å². The molecule has 0 radical (unpaired) electrons. The van der Waals surface area contributed by atoms with Gasteiger partial charge in [0.05, 0.1) is 6.26 Å². The summed E-state index contributed by atoms with van der Waals surface area (Å²) in [6.45, 7) is 0. The number of ether oxygens (including phenoxy) is 1. The molecule has 2 bridgehead atoms. The molecule has 100 valence electrons. The van der Waals surface area contributed by atoms with Crippen molar-refractivity contribution in [3.63, 3.8) is 0 Å². The van der Waals surface area contributed by atoms with Gasteiger partial charge in [0.15, 0.2) is 0 Å². The van der Waals surface area contributed by atoms with Gasteiger partial charge in [-0.3, -0.25) is 0 Å². The van der Waals surface area contributed by atoms with Crippen LogP contribution >= 0.6 is 0 Å². The molecule has 2 aliphatic heterocycles. The smallest absolute Gasteiger partial charge is 0.137 e. The van der Waals surface area contributed by atoms with E-state index < -0.39 is 0 Å². The van der Waals surface area contributed by atoms with Crippen molar-refractivity contribution in [3.05, 3.63) is 30.5 Å². The summed E-state index contributed by atoms with van der Waals surface area (Å²) in [7, 11) is 0. The highest BCUT2D eigenvalue weighted by Gasteiger charge is 2.32. The molecule has 4 rings (SSSR count). The number of rotatable bonds is 2. The number of benzene rings is 1. The van der Waals surface area contributed by atoms with E-state index in [2.05, 4.69) is 17.4 Å². The van der Waals surface area contributed by atoms with E-state index in [1.165, 1.54) is 19.3 Å². The van der Waals surface area contributed by atoms with Crippen molar-refractivity contribution >= 4 is 11.0 Å². The minimum absolute atomic E-state index is 0.351. The quantitative estimate of drug-likeness (QED) is 0.894. The molecule has 3 heteroatoms. The van der Waals surface area contributed by atoms with Crippen LogP contribution in [0, 0.1) is 0 Å². The first kappa shape index (κ1) is 11.4. The van der Waals surface area contributed by atoms with Crippen molar-refractivity contribution in [3.8, 4) is 5.75 Å². The lowest BCUT2D eigenvalue weighted by Gasteiger charge is -2.40. The third-order valence-corrected chi connectivity index (χ3v) is 4.40. The summed E-state index contributed by atoms with van der Waals surface area (Å²) >= 11 is 0. The molecule has 0 spiro atoms. The highest BCUT2D eigenvalue weighted by atomic mass is 16.5. The molecule has 2 aromatic rings. The number of nitrogens with one attached hydrogen (secondary N) is 1. The van der Waals surface area contributed by atoms with Crippen molar-refractivity contribution < 1.29 is 9.15 Å². The summed E-state index contributed by atoms with van der Waals surface area (Å²) in [4.78, 5) is 0. The average Bonchev–Trinajstić information content (AvgIpc) is 2.85. The number of piperidine rings is 2. The van der Waals surface area contributed by atoms with Gasteiger partial charge in [0.25, 0.3) is 0 Å². The normalized spacial score (nSPS) is 30.4. The van der Waals surface area contributed by atoms with Crippen LogP contribution in [-0.2, 0) is 0 Å². The number of fused-ring (bicyclic) bond motifs is 3. The minimum Gasteiger partial charge on any atom is -0.490 e. The Kier molecular flexibility index (Phi) is 2.73. The predicted molar refractivity (Wildman–Crippen MR) is 74.4 cm³/mol. The predicted octanol–water partition coefficient (Wildman–Crippen LogP) is 3.48. The van der Waals surface area contributed by atoms with Crippen LogP contribution in [0.4, 0.5) is 0 Å². The van der Waals surface area contributed by atoms with Crippen LogP contribution in [0.25, 0.3) is 11.0 Å². The highest BCUT2D eigenvalue weighted by molar-refractivity contribution is 5.78. The van der Waals surface area contributed by atoms with Crippen molar-refractivity contribution in [1.29, 1.82) is 0 Å². The molecule has 3 atom stereocenters. The van der Waals surface area contributed by atoms with Crippen LogP contribution in [0.2, 0.25) is 0 Å².